The van der Waals surface area contributed by atoms with E-state index in [0.29, 0.717) is 0 Å². The Kier molecular flexibility index (Phi) is 37.0. The largest absolute Gasteiger partial charge is 0.481 e. The van der Waals surface area contributed by atoms with Gasteiger partial charge in [0.2, 0.25) is 76.8 Å². The summed E-state index contributed by atoms with van der Waals surface area (Å²) in [4.78, 5) is 198. The van der Waals surface area contributed by atoms with Crippen LogP contribution in [0.3, 0.4) is 0 Å². The summed E-state index contributed by atoms with van der Waals surface area (Å²) in [5.74, 6) is -17.9. The van der Waals surface area contributed by atoms with Gasteiger partial charge in [0.15, 0.2) is 0 Å². The second-order valence-electron chi connectivity index (χ2n) is 20.8. The molecule has 1 aliphatic rings. The van der Waals surface area contributed by atoms with Crippen molar-refractivity contribution in [3.63, 3.8) is 0 Å². The highest BCUT2D eigenvalue weighted by molar-refractivity contribution is 7.81. The molecule has 18 N–H and O–H groups in total. The van der Waals surface area contributed by atoms with E-state index in [2.05, 4.69) is 134 Å². The van der Waals surface area contributed by atoms with E-state index < -0.39 is 211 Å². The molecule has 0 radical (unpaired) electrons. The van der Waals surface area contributed by atoms with Gasteiger partial charge in [-0.1, -0.05) is 34.1 Å². The molecule has 0 aromatic heterocycles. The summed E-state index contributed by atoms with van der Waals surface area (Å²) >= 11 is 24.4. The van der Waals surface area contributed by atoms with Crippen molar-refractivity contribution in [1.82, 2.24) is 63.4 Å². The fourth-order valence-electron chi connectivity index (χ4n) is 8.22. The Balaban J connectivity index is 3.29. The summed E-state index contributed by atoms with van der Waals surface area (Å²) in [6.07, 6.45) is -2.95. The molecular formula is C50H84N14O18S6. The molecular weight excluding hydrogens is 1280 g/mol. The first-order chi connectivity index (χ1) is 41.2. The van der Waals surface area contributed by atoms with Crippen LogP contribution in [0.15, 0.2) is 0 Å². The normalized spacial score (nSPS) is 17.3. The van der Waals surface area contributed by atoms with Crippen molar-refractivity contribution < 1.29 is 87.2 Å². The summed E-state index contributed by atoms with van der Waals surface area (Å²) in [5.41, 5.74) is 11.2. The Labute approximate surface area is 541 Å². The summed E-state index contributed by atoms with van der Waals surface area (Å²) < 4.78 is 0. The summed E-state index contributed by atoms with van der Waals surface area (Å²) in [6.45, 7) is 7.02. The van der Waals surface area contributed by atoms with Gasteiger partial charge in [-0.15, -0.1) is 0 Å². The lowest BCUT2D eigenvalue weighted by Gasteiger charge is -2.31. The molecule has 13 amide bonds. The number of nitrogens with two attached hydrogens (primary N) is 2. The Morgan fingerprint density at radius 1 is 0.534 bits per heavy atom. The van der Waals surface area contributed by atoms with Gasteiger partial charge < -0.3 is 90.2 Å². The number of hydrogen-bond donors (Lipinski definition) is 22. The SMILES string of the molecule is CC[C@H](C)[C@H](NC(=O)[C@@H]1CCCN1C(=O)[C@H](CC(N)=O)NC(=O)[C@H](CS)NC(=O)[C@H](CS)NC(=O)[C@H](CC(C)C)NC(=O)[C@H](CCC(=O)O)NC(=O)[C@H](CS)NC(=O)[C@@H](N)CS)C(=O)N[C@@H](CS)C(=O)N[C@H](C(=O)NCC(=O)N[C@@H](CS)C(=O)O)[C@@H](C)O. The molecule has 0 aromatic carbocycles. The van der Waals surface area contributed by atoms with Crippen molar-refractivity contribution in [2.24, 2.45) is 23.3 Å². The van der Waals surface area contributed by atoms with Crippen LogP contribution < -0.4 is 70.0 Å². The van der Waals surface area contributed by atoms with Gasteiger partial charge in [0.05, 0.1) is 25.1 Å². The number of primary amides is 1. The fraction of sp³-hybridized carbons (Fsp3) is 0.700. The smallest absolute Gasteiger partial charge is 0.327 e. The molecule has 32 nitrogen and oxygen atoms in total. The number of amides is 13. The van der Waals surface area contributed by atoms with Gasteiger partial charge in [0.25, 0.3) is 0 Å². The van der Waals surface area contributed by atoms with Crippen LogP contribution in [0.2, 0.25) is 0 Å². The van der Waals surface area contributed by atoms with Crippen LogP contribution in [-0.4, -0.2) is 235 Å². The molecule has 498 valence electrons. The molecule has 0 aromatic rings. The zero-order chi connectivity index (χ0) is 67.3. The Hall–Kier alpha value is -5.93. The Bertz CT molecular complexity index is 2490. The maximum Gasteiger partial charge on any atom is 0.327 e. The number of likely N-dealkylation sites (tertiary alicyclic amines) is 1. The van der Waals surface area contributed by atoms with Crippen LogP contribution in [0.1, 0.15) is 79.6 Å². The zero-order valence-corrected chi connectivity index (χ0v) is 54.4. The van der Waals surface area contributed by atoms with E-state index >= 15 is 0 Å². The molecule has 0 aliphatic carbocycles. The molecule has 1 fully saturated rings. The number of nitrogens with zero attached hydrogens (tertiary/aromatic N) is 1. The molecule has 14 atom stereocenters. The van der Waals surface area contributed by atoms with Gasteiger partial charge in [-0.05, 0) is 44.4 Å². The number of hydrogen-bond acceptors (Lipinski definition) is 23. The first kappa shape index (κ1) is 80.1. The number of aliphatic hydroxyl groups excluding tert-OH is 1. The first-order valence-electron chi connectivity index (χ1n) is 27.7. The minimum absolute atomic E-state index is 0.0335. The van der Waals surface area contributed by atoms with E-state index in [1.807, 2.05) is 0 Å². The molecule has 0 saturated carbocycles. The van der Waals surface area contributed by atoms with Gasteiger partial charge in [0.1, 0.15) is 66.5 Å². The molecule has 1 heterocycles. The highest BCUT2D eigenvalue weighted by atomic mass is 32.1. The number of rotatable bonds is 40. The second kappa shape index (κ2) is 40.7. The maximum atomic E-state index is 14.3. The van der Waals surface area contributed by atoms with Crippen molar-refractivity contribution in [2.45, 2.75) is 158 Å². The number of carboxylic acids is 2. The maximum absolute atomic E-state index is 14.3. The topological polar surface area (TPSA) is 504 Å². The molecule has 1 aliphatic heterocycles. The lowest BCUT2D eigenvalue weighted by Crippen LogP contribution is -2.62. The van der Waals surface area contributed by atoms with Crippen LogP contribution in [0.5, 0.6) is 0 Å². The number of thiol groups is 6. The highest BCUT2D eigenvalue weighted by Gasteiger charge is 2.42. The Morgan fingerprint density at radius 3 is 1.42 bits per heavy atom. The summed E-state index contributed by atoms with van der Waals surface area (Å²) in [5, 5.41) is 55.0. The van der Waals surface area contributed by atoms with Crippen molar-refractivity contribution in [1.29, 1.82) is 0 Å². The van der Waals surface area contributed by atoms with E-state index in [0.717, 1.165) is 11.8 Å². The summed E-state index contributed by atoms with van der Waals surface area (Å²) in [6, 6.07) is -17.5. The van der Waals surface area contributed by atoms with Gasteiger partial charge in [-0.2, -0.15) is 75.8 Å². The third-order valence-electron chi connectivity index (χ3n) is 13.4. The molecule has 0 spiro atoms. The number of carboxylic acid groups (broad SMARTS) is 2. The number of aliphatic carboxylic acids is 2. The van der Waals surface area contributed by atoms with E-state index in [9.17, 15) is 82.1 Å². The number of aliphatic hydroxyl groups is 1. The molecule has 1 rings (SSSR count). The number of nitrogens with one attached hydrogen (secondary N) is 11. The monoisotopic (exact) mass is 1360 g/mol. The first-order valence-corrected chi connectivity index (χ1v) is 31.5. The van der Waals surface area contributed by atoms with Crippen molar-refractivity contribution >= 4 is 165 Å². The van der Waals surface area contributed by atoms with Crippen LogP contribution in [0.4, 0.5) is 0 Å². The quantitative estimate of drug-likeness (QED) is 0.0254. The second-order valence-corrected chi connectivity index (χ2v) is 23.0. The van der Waals surface area contributed by atoms with E-state index in [1.54, 1.807) is 27.7 Å². The number of carbonyl (C=O) groups excluding carboxylic acids is 13. The predicted octanol–water partition coefficient (Wildman–Crippen LogP) is -6.85. The van der Waals surface area contributed by atoms with E-state index in [1.165, 1.54) is 0 Å². The highest BCUT2D eigenvalue weighted by Crippen LogP contribution is 2.21. The zero-order valence-electron chi connectivity index (χ0n) is 49.0. The van der Waals surface area contributed by atoms with E-state index in [4.69, 9.17) is 16.6 Å². The van der Waals surface area contributed by atoms with E-state index in [-0.39, 0.29) is 61.2 Å². The summed E-state index contributed by atoms with van der Waals surface area (Å²) in [7, 11) is 0. The van der Waals surface area contributed by atoms with Crippen LogP contribution in [0.25, 0.3) is 0 Å². The van der Waals surface area contributed by atoms with Crippen LogP contribution in [0, 0.1) is 11.8 Å². The predicted molar refractivity (Wildman–Crippen MR) is 337 cm³/mol. The van der Waals surface area contributed by atoms with Crippen molar-refractivity contribution in [3.8, 4) is 0 Å². The third-order valence-corrected chi connectivity index (χ3v) is 15.6. The van der Waals surface area contributed by atoms with Gasteiger partial charge in [0, 0.05) is 47.5 Å². The standard InChI is InChI=1S/C50H84N14O18S6/c1-6-22(4)37(48(79)61-31(19-87)45(76)63-38(23(5)65)47(78)53-14-35(67)54-32(20-88)50(81)82)62-46(77)33-8-7-11-64(33)49(80)27(13-34(52)66)57-43(74)29(17-85)60-44(75)30(18-86)59-41(72)26(12-21(2)3)56-40(71)25(9-10-36(68)69)55-42(73)28(16-84)58-39(70)24(51)15-83/h21-33,37-38,65,83-88H,6-20,51H2,1-5H3,(H2,52,66)(H,53,78)(H,54,67)(H,55,73)(H,56,71)(H,57,74)(H,58,70)(H,59,72)(H,60,75)(H,61,79)(H,62,77)(H,63,76)(H,68,69)(H,81,82)/t22-,23+,24-,25-,26-,27-,28-,29-,30-,31-,32-,33-,37-,38-/m0/s1. The molecule has 1 saturated heterocycles. The number of carbonyl (C=O) groups is 15. The lowest BCUT2D eigenvalue weighted by atomic mass is 9.97. The minimum atomic E-state index is -1.74. The van der Waals surface area contributed by atoms with Gasteiger partial charge >= 0.3 is 11.9 Å². The van der Waals surface area contributed by atoms with Gasteiger partial charge in [-0.25, -0.2) is 4.79 Å². The van der Waals surface area contributed by atoms with Gasteiger partial charge in [-0.3, -0.25) is 67.1 Å². The average molecular weight is 1360 g/mol. The molecule has 38 heteroatoms. The lowest BCUT2D eigenvalue weighted by molar-refractivity contribution is -0.143. The van der Waals surface area contributed by atoms with Crippen molar-refractivity contribution in [2.75, 3.05) is 47.6 Å². The average Bonchev–Trinajstić information content (AvgIpc) is 1.89. The van der Waals surface area contributed by atoms with Crippen LogP contribution in [-0.2, 0) is 71.9 Å². The molecule has 88 heavy (non-hydrogen) atoms. The fourth-order valence-corrected chi connectivity index (χ4v) is 9.67. The van der Waals surface area contributed by atoms with Crippen molar-refractivity contribution in [3.05, 3.63) is 0 Å². The van der Waals surface area contributed by atoms with Crippen LogP contribution >= 0.6 is 75.8 Å². The molecule has 0 bridgehead atoms. The Morgan fingerprint density at radius 2 is 0.977 bits per heavy atom. The third kappa shape index (κ3) is 27.0. The minimum Gasteiger partial charge on any atom is -0.481 e. The molecule has 0 unspecified atom stereocenters.